The first-order valence-electron chi connectivity index (χ1n) is 8.04. The fourth-order valence-corrected chi connectivity index (χ4v) is 3.24. The standard InChI is InChI=1S/C16H31N3/c1-4-16(14-17,18-5-2)12-9-13-19(3)15-10-7-6-8-11-15/h15,18H,4-13H2,1-3H3. The molecule has 0 bridgehead atoms. The highest BCUT2D eigenvalue weighted by Gasteiger charge is 2.26. The van der Waals surface area contributed by atoms with E-state index in [-0.39, 0.29) is 5.54 Å². The van der Waals surface area contributed by atoms with Gasteiger partial charge < -0.3 is 4.90 Å². The lowest BCUT2D eigenvalue weighted by Gasteiger charge is -2.32. The fraction of sp³-hybridized carbons (Fsp3) is 0.938. The number of rotatable bonds is 8. The van der Waals surface area contributed by atoms with Crippen molar-refractivity contribution < 1.29 is 0 Å². The van der Waals surface area contributed by atoms with Gasteiger partial charge in [0.25, 0.3) is 0 Å². The molecule has 1 aliphatic rings. The lowest BCUT2D eigenvalue weighted by molar-refractivity contribution is 0.183. The quantitative estimate of drug-likeness (QED) is 0.732. The largest absolute Gasteiger partial charge is 0.303 e. The topological polar surface area (TPSA) is 39.1 Å². The van der Waals surface area contributed by atoms with Crippen molar-refractivity contribution in [1.29, 1.82) is 5.26 Å². The molecule has 1 aliphatic carbocycles. The maximum absolute atomic E-state index is 9.40. The minimum absolute atomic E-state index is 0.303. The first-order valence-corrected chi connectivity index (χ1v) is 8.04. The molecule has 0 heterocycles. The van der Waals surface area contributed by atoms with Crippen molar-refractivity contribution in [2.24, 2.45) is 0 Å². The van der Waals surface area contributed by atoms with Crippen LogP contribution in [0.15, 0.2) is 0 Å². The van der Waals surface area contributed by atoms with E-state index in [1.165, 1.54) is 32.1 Å². The van der Waals surface area contributed by atoms with E-state index in [1.54, 1.807) is 0 Å². The van der Waals surface area contributed by atoms with Crippen LogP contribution in [0.3, 0.4) is 0 Å². The SMILES string of the molecule is CCNC(C#N)(CC)CCCN(C)C1CCCCC1. The summed E-state index contributed by atoms with van der Waals surface area (Å²) in [6.45, 7) is 6.19. The second-order valence-electron chi connectivity index (χ2n) is 5.95. The number of nitriles is 1. The summed E-state index contributed by atoms with van der Waals surface area (Å²) in [7, 11) is 2.25. The average molecular weight is 265 g/mol. The smallest absolute Gasteiger partial charge is 0.106 e. The molecule has 0 spiro atoms. The molecular weight excluding hydrogens is 234 g/mol. The van der Waals surface area contributed by atoms with Crippen LogP contribution in [-0.4, -0.2) is 36.6 Å². The Bertz CT molecular complexity index is 278. The molecule has 1 fully saturated rings. The molecule has 1 N–H and O–H groups in total. The molecule has 0 aliphatic heterocycles. The summed E-state index contributed by atoms with van der Waals surface area (Å²) in [5.41, 5.74) is -0.303. The first-order chi connectivity index (χ1) is 9.17. The highest BCUT2D eigenvalue weighted by atomic mass is 15.1. The van der Waals surface area contributed by atoms with Gasteiger partial charge >= 0.3 is 0 Å². The van der Waals surface area contributed by atoms with Crippen molar-refractivity contribution >= 4 is 0 Å². The normalized spacial score (nSPS) is 20.2. The van der Waals surface area contributed by atoms with E-state index in [9.17, 15) is 5.26 Å². The second kappa shape index (κ2) is 8.55. The van der Waals surface area contributed by atoms with Crippen LogP contribution in [0.5, 0.6) is 0 Å². The van der Waals surface area contributed by atoms with Crippen LogP contribution < -0.4 is 5.32 Å². The summed E-state index contributed by atoms with van der Waals surface area (Å²) >= 11 is 0. The van der Waals surface area contributed by atoms with E-state index in [2.05, 4.69) is 37.2 Å². The molecule has 1 rings (SSSR count). The monoisotopic (exact) mass is 265 g/mol. The van der Waals surface area contributed by atoms with Gasteiger partial charge in [0.15, 0.2) is 0 Å². The zero-order chi connectivity index (χ0) is 14.1. The fourth-order valence-electron chi connectivity index (χ4n) is 3.24. The molecule has 0 aromatic rings. The summed E-state index contributed by atoms with van der Waals surface area (Å²) in [5, 5.41) is 12.8. The van der Waals surface area contributed by atoms with Crippen molar-refractivity contribution in [1.82, 2.24) is 10.2 Å². The maximum Gasteiger partial charge on any atom is 0.106 e. The van der Waals surface area contributed by atoms with Crippen molar-refractivity contribution in [3.05, 3.63) is 0 Å². The number of hydrogen-bond donors (Lipinski definition) is 1. The molecule has 110 valence electrons. The van der Waals surface area contributed by atoms with Crippen molar-refractivity contribution in [3.63, 3.8) is 0 Å². The van der Waals surface area contributed by atoms with Crippen LogP contribution in [0.25, 0.3) is 0 Å². The van der Waals surface area contributed by atoms with Crippen LogP contribution in [0.4, 0.5) is 0 Å². The number of nitrogens with zero attached hydrogens (tertiary/aromatic N) is 2. The molecule has 3 nitrogen and oxygen atoms in total. The molecule has 3 heteroatoms. The summed E-state index contributed by atoms with van der Waals surface area (Å²) < 4.78 is 0. The van der Waals surface area contributed by atoms with Gasteiger partial charge in [-0.2, -0.15) is 5.26 Å². The molecule has 19 heavy (non-hydrogen) atoms. The Morgan fingerprint density at radius 3 is 2.47 bits per heavy atom. The van der Waals surface area contributed by atoms with E-state index in [0.717, 1.165) is 38.4 Å². The van der Waals surface area contributed by atoms with E-state index in [4.69, 9.17) is 0 Å². The molecule has 0 saturated heterocycles. The van der Waals surface area contributed by atoms with E-state index >= 15 is 0 Å². The third kappa shape index (κ3) is 5.12. The summed E-state index contributed by atoms with van der Waals surface area (Å²) in [6.07, 6.45) is 9.89. The minimum Gasteiger partial charge on any atom is -0.303 e. The predicted molar refractivity (Wildman–Crippen MR) is 81.0 cm³/mol. The molecule has 0 aromatic carbocycles. The summed E-state index contributed by atoms with van der Waals surface area (Å²) in [5.74, 6) is 0. The number of hydrogen-bond acceptors (Lipinski definition) is 3. The Labute approximate surface area is 119 Å². The Kier molecular flexibility index (Phi) is 7.41. The maximum atomic E-state index is 9.40. The van der Waals surface area contributed by atoms with E-state index in [1.807, 2.05) is 0 Å². The zero-order valence-electron chi connectivity index (χ0n) is 13.0. The highest BCUT2D eigenvalue weighted by Crippen LogP contribution is 2.23. The van der Waals surface area contributed by atoms with Crippen LogP contribution >= 0.6 is 0 Å². The predicted octanol–water partition coefficient (Wildman–Crippen LogP) is 3.31. The van der Waals surface area contributed by atoms with Gasteiger partial charge in [-0.1, -0.05) is 33.1 Å². The average Bonchev–Trinajstić information content (AvgIpc) is 2.47. The van der Waals surface area contributed by atoms with Gasteiger partial charge in [0.05, 0.1) is 6.07 Å². The van der Waals surface area contributed by atoms with Gasteiger partial charge in [-0.15, -0.1) is 0 Å². The molecule has 0 aromatic heterocycles. The minimum atomic E-state index is -0.303. The van der Waals surface area contributed by atoms with Gasteiger partial charge in [0.2, 0.25) is 0 Å². The molecular formula is C16H31N3. The van der Waals surface area contributed by atoms with Crippen molar-refractivity contribution in [3.8, 4) is 6.07 Å². The van der Waals surface area contributed by atoms with Crippen LogP contribution in [-0.2, 0) is 0 Å². The Morgan fingerprint density at radius 1 is 1.26 bits per heavy atom. The van der Waals surface area contributed by atoms with Crippen LogP contribution in [0.1, 0.15) is 65.2 Å². The van der Waals surface area contributed by atoms with Gasteiger partial charge in [-0.25, -0.2) is 0 Å². The second-order valence-corrected chi connectivity index (χ2v) is 5.95. The van der Waals surface area contributed by atoms with Gasteiger partial charge in [-0.05, 0) is 52.2 Å². The zero-order valence-corrected chi connectivity index (χ0v) is 13.0. The third-order valence-electron chi connectivity index (χ3n) is 4.65. The summed E-state index contributed by atoms with van der Waals surface area (Å²) in [6, 6.07) is 3.27. The van der Waals surface area contributed by atoms with Gasteiger partial charge in [0, 0.05) is 6.04 Å². The first kappa shape index (κ1) is 16.5. The Morgan fingerprint density at radius 2 is 1.95 bits per heavy atom. The van der Waals surface area contributed by atoms with Crippen molar-refractivity contribution in [2.75, 3.05) is 20.1 Å². The Hall–Kier alpha value is -0.590. The van der Waals surface area contributed by atoms with Crippen LogP contribution in [0.2, 0.25) is 0 Å². The lowest BCUT2D eigenvalue weighted by Crippen LogP contribution is -2.44. The molecule has 0 radical (unpaired) electrons. The van der Waals surface area contributed by atoms with Crippen molar-refractivity contribution in [2.45, 2.75) is 76.8 Å². The highest BCUT2D eigenvalue weighted by molar-refractivity contribution is 5.06. The Balaban J connectivity index is 2.33. The molecule has 1 unspecified atom stereocenters. The lowest BCUT2D eigenvalue weighted by atomic mass is 9.91. The third-order valence-corrected chi connectivity index (χ3v) is 4.65. The molecule has 0 amide bonds. The van der Waals surface area contributed by atoms with Gasteiger partial charge in [0.1, 0.15) is 5.54 Å². The van der Waals surface area contributed by atoms with Crippen LogP contribution in [0, 0.1) is 11.3 Å². The van der Waals surface area contributed by atoms with E-state index < -0.39 is 0 Å². The number of nitrogens with one attached hydrogen (secondary N) is 1. The van der Waals surface area contributed by atoms with Gasteiger partial charge in [-0.3, -0.25) is 5.32 Å². The van der Waals surface area contributed by atoms with E-state index in [0.29, 0.717) is 0 Å². The molecule has 1 saturated carbocycles. The molecule has 1 atom stereocenters. The summed E-state index contributed by atoms with van der Waals surface area (Å²) in [4.78, 5) is 2.52.